The normalized spacial score (nSPS) is 28.7. The third kappa shape index (κ3) is 3.69. The van der Waals surface area contributed by atoms with Crippen LogP contribution in [0.15, 0.2) is 0 Å². The van der Waals surface area contributed by atoms with E-state index in [2.05, 4.69) is 12.2 Å². The van der Waals surface area contributed by atoms with Crippen LogP contribution in [-0.4, -0.2) is 40.6 Å². The second-order valence-corrected chi connectivity index (χ2v) is 6.90. The lowest BCUT2D eigenvalue weighted by atomic mass is 9.81. The van der Waals surface area contributed by atoms with Crippen molar-refractivity contribution in [3.05, 3.63) is 0 Å². The molecule has 2 amide bonds. The van der Waals surface area contributed by atoms with Gasteiger partial charge < -0.3 is 15.3 Å². The van der Waals surface area contributed by atoms with Gasteiger partial charge in [-0.3, -0.25) is 0 Å². The molecule has 0 bridgehead atoms. The summed E-state index contributed by atoms with van der Waals surface area (Å²) < 4.78 is 0. The summed E-state index contributed by atoms with van der Waals surface area (Å²) >= 11 is 0. The molecule has 0 aromatic rings. The van der Waals surface area contributed by atoms with E-state index in [0.717, 1.165) is 50.9 Å². The van der Waals surface area contributed by atoms with Crippen LogP contribution in [-0.2, 0) is 4.79 Å². The molecule has 2 N–H and O–H groups in total. The summed E-state index contributed by atoms with van der Waals surface area (Å²) in [5.74, 6) is -0.150. The zero-order valence-corrected chi connectivity index (χ0v) is 13.2. The molecule has 2 aliphatic rings. The Balaban J connectivity index is 1.96. The molecule has 2 fully saturated rings. The minimum atomic E-state index is -1.05. The third-order valence-corrected chi connectivity index (χ3v) is 5.32. The fourth-order valence-electron chi connectivity index (χ4n) is 3.64. The monoisotopic (exact) mass is 296 g/mol. The molecule has 0 unspecified atom stereocenters. The van der Waals surface area contributed by atoms with Crippen LogP contribution in [0.3, 0.4) is 0 Å². The molecule has 0 aromatic carbocycles. The number of carboxylic acids is 1. The maximum Gasteiger partial charge on any atom is 0.329 e. The number of carbonyl (C=O) groups is 2. The summed E-state index contributed by atoms with van der Waals surface area (Å²) in [6.07, 6.45) is 8.22. The van der Waals surface area contributed by atoms with Gasteiger partial charge in [0.25, 0.3) is 0 Å². The smallest absolute Gasteiger partial charge is 0.329 e. The average Bonchev–Trinajstić information content (AvgIpc) is 2.48. The molecular weight excluding hydrogens is 268 g/mol. The van der Waals surface area contributed by atoms with Crippen LogP contribution in [0.1, 0.15) is 64.7 Å². The van der Waals surface area contributed by atoms with Crippen molar-refractivity contribution < 1.29 is 14.7 Å². The molecule has 21 heavy (non-hydrogen) atoms. The molecule has 5 nitrogen and oxygen atoms in total. The summed E-state index contributed by atoms with van der Waals surface area (Å²) in [5.41, 5.74) is -1.05. The Kier molecular flexibility index (Phi) is 5.12. The van der Waals surface area contributed by atoms with Crippen LogP contribution in [0, 0.1) is 5.92 Å². The average molecular weight is 296 g/mol. The van der Waals surface area contributed by atoms with Gasteiger partial charge in [0.15, 0.2) is 0 Å². The Morgan fingerprint density at radius 1 is 1.10 bits per heavy atom. The van der Waals surface area contributed by atoms with E-state index in [9.17, 15) is 14.7 Å². The highest BCUT2D eigenvalue weighted by Crippen LogP contribution is 2.30. The van der Waals surface area contributed by atoms with Gasteiger partial charge in [-0.15, -0.1) is 0 Å². The fourth-order valence-corrected chi connectivity index (χ4v) is 3.64. The highest BCUT2D eigenvalue weighted by molar-refractivity contribution is 5.86. The van der Waals surface area contributed by atoms with Gasteiger partial charge >= 0.3 is 12.0 Å². The predicted octanol–water partition coefficient (Wildman–Crippen LogP) is 2.99. The van der Waals surface area contributed by atoms with Crippen molar-refractivity contribution in [2.75, 3.05) is 7.05 Å². The second-order valence-electron chi connectivity index (χ2n) is 6.90. The molecule has 120 valence electrons. The molecule has 0 aromatic heterocycles. The predicted molar refractivity (Wildman–Crippen MR) is 81.2 cm³/mol. The Bertz CT molecular complexity index is 383. The lowest BCUT2D eigenvalue weighted by Gasteiger charge is -2.38. The van der Waals surface area contributed by atoms with Crippen molar-refractivity contribution in [2.24, 2.45) is 5.92 Å². The van der Waals surface area contributed by atoms with Crippen LogP contribution in [0.25, 0.3) is 0 Å². The van der Waals surface area contributed by atoms with E-state index in [0.29, 0.717) is 12.8 Å². The first-order valence-electron chi connectivity index (χ1n) is 8.23. The number of carboxylic acid groups (broad SMARTS) is 1. The molecule has 0 heterocycles. The number of hydrogen-bond donors (Lipinski definition) is 2. The van der Waals surface area contributed by atoms with Gasteiger partial charge in [-0.25, -0.2) is 9.59 Å². The summed E-state index contributed by atoms with van der Waals surface area (Å²) in [4.78, 5) is 25.8. The quantitative estimate of drug-likeness (QED) is 0.841. The number of rotatable bonds is 3. The first-order valence-corrected chi connectivity index (χ1v) is 8.23. The van der Waals surface area contributed by atoms with Gasteiger partial charge in [0.2, 0.25) is 0 Å². The molecule has 0 saturated heterocycles. The van der Waals surface area contributed by atoms with Gasteiger partial charge in [-0.2, -0.15) is 0 Å². The minimum Gasteiger partial charge on any atom is -0.480 e. The molecule has 0 atom stereocenters. The number of nitrogens with one attached hydrogen (secondary N) is 1. The first-order chi connectivity index (χ1) is 9.94. The van der Waals surface area contributed by atoms with Gasteiger partial charge in [0.05, 0.1) is 0 Å². The third-order valence-electron chi connectivity index (χ3n) is 5.32. The van der Waals surface area contributed by atoms with Crippen molar-refractivity contribution in [1.82, 2.24) is 10.2 Å². The number of nitrogens with zero attached hydrogens (tertiary/aromatic N) is 1. The van der Waals surface area contributed by atoms with Crippen LogP contribution in [0.5, 0.6) is 0 Å². The van der Waals surface area contributed by atoms with Crippen LogP contribution >= 0.6 is 0 Å². The topological polar surface area (TPSA) is 69.6 Å². The Morgan fingerprint density at radius 3 is 2.19 bits per heavy atom. The Morgan fingerprint density at radius 2 is 1.67 bits per heavy atom. The van der Waals surface area contributed by atoms with E-state index in [1.54, 1.807) is 11.9 Å². The van der Waals surface area contributed by atoms with Gasteiger partial charge in [0, 0.05) is 13.1 Å². The number of hydrogen-bond acceptors (Lipinski definition) is 2. The zero-order valence-electron chi connectivity index (χ0n) is 13.2. The minimum absolute atomic E-state index is 0.223. The van der Waals surface area contributed by atoms with Crippen molar-refractivity contribution in [3.63, 3.8) is 0 Å². The van der Waals surface area contributed by atoms with Crippen molar-refractivity contribution in [1.29, 1.82) is 0 Å². The molecule has 5 heteroatoms. The first kappa shape index (κ1) is 16.1. The standard InChI is InChI=1S/C16H28N2O3/c1-12-6-8-13(9-7-12)18(2)15(21)17-16(14(19)20)10-4-3-5-11-16/h12-13H,3-11H2,1-2H3,(H,17,21)(H,19,20). The lowest BCUT2D eigenvalue weighted by molar-refractivity contribution is -0.146. The van der Waals surface area contributed by atoms with Gasteiger partial charge in [-0.1, -0.05) is 26.2 Å². The summed E-state index contributed by atoms with van der Waals surface area (Å²) in [6.45, 7) is 2.25. The molecule has 0 radical (unpaired) electrons. The van der Waals surface area contributed by atoms with E-state index < -0.39 is 11.5 Å². The van der Waals surface area contributed by atoms with Crippen molar-refractivity contribution in [2.45, 2.75) is 76.3 Å². The molecule has 0 aliphatic heterocycles. The zero-order chi connectivity index (χ0) is 15.5. The largest absolute Gasteiger partial charge is 0.480 e. The van der Waals surface area contributed by atoms with E-state index in [1.807, 2.05) is 0 Å². The lowest BCUT2D eigenvalue weighted by Crippen LogP contribution is -2.59. The molecular formula is C16H28N2O3. The Hall–Kier alpha value is -1.26. The van der Waals surface area contributed by atoms with Crippen molar-refractivity contribution in [3.8, 4) is 0 Å². The number of carbonyl (C=O) groups excluding carboxylic acids is 1. The second kappa shape index (κ2) is 6.67. The van der Waals surface area contributed by atoms with E-state index in [4.69, 9.17) is 0 Å². The van der Waals surface area contributed by atoms with E-state index >= 15 is 0 Å². The summed E-state index contributed by atoms with van der Waals surface area (Å²) in [5, 5.41) is 12.4. The van der Waals surface area contributed by atoms with Crippen molar-refractivity contribution >= 4 is 12.0 Å². The van der Waals surface area contributed by atoms with Gasteiger partial charge in [-0.05, 0) is 44.4 Å². The van der Waals surface area contributed by atoms with Crippen LogP contribution in [0.4, 0.5) is 4.79 Å². The molecule has 2 saturated carbocycles. The number of amides is 2. The molecule has 2 aliphatic carbocycles. The maximum atomic E-state index is 12.5. The number of aliphatic carboxylic acids is 1. The molecule has 0 spiro atoms. The molecule has 2 rings (SSSR count). The highest BCUT2D eigenvalue weighted by Gasteiger charge is 2.42. The van der Waals surface area contributed by atoms with E-state index in [-0.39, 0.29) is 12.1 Å². The maximum absolute atomic E-state index is 12.5. The Labute approximate surface area is 127 Å². The summed E-state index contributed by atoms with van der Waals surface area (Å²) in [7, 11) is 1.80. The van der Waals surface area contributed by atoms with E-state index in [1.165, 1.54) is 0 Å². The fraction of sp³-hybridized carbons (Fsp3) is 0.875. The van der Waals surface area contributed by atoms with Crippen LogP contribution in [0.2, 0.25) is 0 Å². The SMILES string of the molecule is CC1CCC(N(C)C(=O)NC2(C(=O)O)CCCCC2)CC1. The van der Waals surface area contributed by atoms with Crippen LogP contribution < -0.4 is 5.32 Å². The summed E-state index contributed by atoms with van der Waals surface area (Å²) in [6, 6.07) is 0.0227. The number of urea groups is 1. The van der Waals surface area contributed by atoms with Gasteiger partial charge in [0.1, 0.15) is 5.54 Å². The highest BCUT2D eigenvalue weighted by atomic mass is 16.4.